The van der Waals surface area contributed by atoms with Crippen molar-refractivity contribution in [3.63, 3.8) is 0 Å². The van der Waals surface area contributed by atoms with Gasteiger partial charge in [-0.25, -0.2) is 12.8 Å². The van der Waals surface area contributed by atoms with Crippen molar-refractivity contribution in [1.82, 2.24) is 14.1 Å². The molecule has 138 valence electrons. The first kappa shape index (κ1) is 18.3. The second kappa shape index (κ2) is 7.80. The smallest absolute Gasteiger partial charge is 0.243 e. The van der Waals surface area contributed by atoms with E-state index in [1.165, 1.54) is 22.9 Å². The lowest BCUT2D eigenvalue weighted by Crippen LogP contribution is -2.52. The van der Waals surface area contributed by atoms with Crippen LogP contribution in [0.4, 0.5) is 4.39 Å². The van der Waals surface area contributed by atoms with Crippen LogP contribution in [0.25, 0.3) is 0 Å². The van der Waals surface area contributed by atoms with Crippen molar-refractivity contribution >= 4 is 15.9 Å². The van der Waals surface area contributed by atoms with E-state index in [0.717, 1.165) is 38.1 Å². The summed E-state index contributed by atoms with van der Waals surface area (Å²) in [6.07, 6.45) is 3.50. The Balaban J connectivity index is 1.55. The molecule has 2 aliphatic rings. The molecule has 1 aromatic rings. The molecule has 0 saturated carbocycles. The number of carbonyl (C=O) groups is 1. The quantitative estimate of drug-likeness (QED) is 0.799. The van der Waals surface area contributed by atoms with Gasteiger partial charge in [-0.05, 0) is 50.2 Å². The number of hydrogen-bond donors (Lipinski definition) is 0. The first-order valence-electron chi connectivity index (χ1n) is 8.73. The van der Waals surface area contributed by atoms with Gasteiger partial charge < -0.3 is 4.90 Å². The maximum Gasteiger partial charge on any atom is 0.243 e. The van der Waals surface area contributed by atoms with Crippen LogP contribution >= 0.6 is 0 Å². The van der Waals surface area contributed by atoms with Gasteiger partial charge in [0.05, 0.1) is 11.4 Å². The van der Waals surface area contributed by atoms with Crippen LogP contribution in [0.5, 0.6) is 0 Å². The van der Waals surface area contributed by atoms with Crippen molar-refractivity contribution in [3.8, 4) is 0 Å². The van der Waals surface area contributed by atoms with E-state index in [-0.39, 0.29) is 23.9 Å². The predicted octanol–water partition coefficient (Wildman–Crippen LogP) is 1.14. The lowest BCUT2D eigenvalue weighted by molar-refractivity contribution is -0.133. The molecule has 2 heterocycles. The molecule has 25 heavy (non-hydrogen) atoms. The molecule has 0 spiro atoms. The molecule has 8 heteroatoms. The zero-order valence-electron chi connectivity index (χ0n) is 14.2. The summed E-state index contributed by atoms with van der Waals surface area (Å²) in [5.74, 6) is -0.396. The molecule has 0 bridgehead atoms. The van der Waals surface area contributed by atoms with Crippen molar-refractivity contribution < 1.29 is 17.6 Å². The van der Waals surface area contributed by atoms with Crippen molar-refractivity contribution in [3.05, 3.63) is 30.1 Å². The van der Waals surface area contributed by atoms with Gasteiger partial charge in [0.2, 0.25) is 15.9 Å². The average molecular weight is 369 g/mol. The highest BCUT2D eigenvalue weighted by Crippen LogP contribution is 2.18. The highest BCUT2D eigenvalue weighted by Gasteiger charge is 2.30. The number of carbonyl (C=O) groups excluding carboxylic acids is 1. The van der Waals surface area contributed by atoms with E-state index in [9.17, 15) is 17.6 Å². The normalized spacial score (nSPS) is 20.6. The number of likely N-dealkylation sites (tertiary alicyclic amines) is 1. The number of benzene rings is 1. The minimum absolute atomic E-state index is 0.0701. The van der Waals surface area contributed by atoms with Crippen molar-refractivity contribution in [1.29, 1.82) is 0 Å². The Bertz CT molecular complexity index is 694. The van der Waals surface area contributed by atoms with Gasteiger partial charge >= 0.3 is 0 Å². The van der Waals surface area contributed by atoms with Crippen LogP contribution in [-0.2, 0) is 14.8 Å². The molecule has 6 nitrogen and oxygen atoms in total. The summed E-state index contributed by atoms with van der Waals surface area (Å²) in [6, 6.07) is 4.84. The van der Waals surface area contributed by atoms with Crippen LogP contribution in [0.15, 0.2) is 29.2 Å². The average Bonchev–Trinajstić information content (AvgIpc) is 2.63. The van der Waals surface area contributed by atoms with Gasteiger partial charge in [-0.1, -0.05) is 6.42 Å². The number of hydrogen-bond acceptors (Lipinski definition) is 4. The summed E-state index contributed by atoms with van der Waals surface area (Å²) in [7, 11) is -3.64. The minimum Gasteiger partial charge on any atom is -0.339 e. The first-order valence-corrected chi connectivity index (χ1v) is 10.2. The van der Waals surface area contributed by atoms with E-state index >= 15 is 0 Å². The molecule has 3 rings (SSSR count). The number of nitrogens with zero attached hydrogens (tertiary/aromatic N) is 3. The Morgan fingerprint density at radius 2 is 1.52 bits per heavy atom. The Morgan fingerprint density at radius 1 is 0.920 bits per heavy atom. The summed E-state index contributed by atoms with van der Waals surface area (Å²) in [5.41, 5.74) is 0. The number of amides is 1. The molecule has 1 amide bonds. The predicted molar refractivity (Wildman–Crippen MR) is 92.0 cm³/mol. The molecule has 2 aliphatic heterocycles. The molecule has 0 N–H and O–H groups in total. The van der Waals surface area contributed by atoms with Gasteiger partial charge in [0.15, 0.2) is 0 Å². The van der Waals surface area contributed by atoms with Gasteiger partial charge in [-0.2, -0.15) is 4.31 Å². The highest BCUT2D eigenvalue weighted by atomic mass is 32.2. The number of piperidine rings is 1. The molecule has 0 unspecified atom stereocenters. The zero-order valence-corrected chi connectivity index (χ0v) is 15.0. The van der Waals surface area contributed by atoms with Crippen LogP contribution in [-0.4, -0.2) is 74.2 Å². The Kier molecular flexibility index (Phi) is 5.71. The standard InChI is InChI=1S/C17H24FN3O3S/c18-15-4-6-16(7-5-15)25(23,24)21-12-10-20(11-13-21)17(22)14-19-8-2-1-3-9-19/h4-7H,1-3,8-14H2. The van der Waals surface area contributed by atoms with E-state index in [4.69, 9.17) is 0 Å². The van der Waals surface area contributed by atoms with Gasteiger partial charge in [0.25, 0.3) is 0 Å². The van der Waals surface area contributed by atoms with Gasteiger partial charge in [0, 0.05) is 26.2 Å². The lowest BCUT2D eigenvalue weighted by atomic mass is 10.1. The monoisotopic (exact) mass is 369 g/mol. The third kappa shape index (κ3) is 4.37. The van der Waals surface area contributed by atoms with Crippen molar-refractivity contribution in [2.24, 2.45) is 0 Å². The van der Waals surface area contributed by atoms with E-state index in [1.54, 1.807) is 4.90 Å². The largest absolute Gasteiger partial charge is 0.339 e. The lowest BCUT2D eigenvalue weighted by Gasteiger charge is -2.35. The molecular formula is C17H24FN3O3S. The maximum atomic E-state index is 13.0. The Hall–Kier alpha value is -1.51. The van der Waals surface area contributed by atoms with Crippen LogP contribution in [0.1, 0.15) is 19.3 Å². The fourth-order valence-corrected chi connectivity index (χ4v) is 4.76. The van der Waals surface area contributed by atoms with Gasteiger partial charge in [0.1, 0.15) is 5.82 Å². The zero-order chi connectivity index (χ0) is 17.9. The second-order valence-corrected chi connectivity index (χ2v) is 8.51. The van der Waals surface area contributed by atoms with Crippen LogP contribution in [0.2, 0.25) is 0 Å². The van der Waals surface area contributed by atoms with Gasteiger partial charge in [-0.3, -0.25) is 9.69 Å². The molecule has 2 saturated heterocycles. The number of piperazine rings is 1. The van der Waals surface area contributed by atoms with Crippen LogP contribution in [0, 0.1) is 5.82 Å². The Morgan fingerprint density at radius 3 is 2.12 bits per heavy atom. The summed E-state index contributed by atoms with van der Waals surface area (Å²) >= 11 is 0. The van der Waals surface area contributed by atoms with Crippen LogP contribution < -0.4 is 0 Å². The molecular weight excluding hydrogens is 345 g/mol. The van der Waals surface area contributed by atoms with Crippen LogP contribution in [0.3, 0.4) is 0 Å². The third-order valence-electron chi connectivity index (χ3n) is 4.85. The number of rotatable bonds is 4. The summed E-state index contributed by atoms with van der Waals surface area (Å²) < 4.78 is 39.5. The SMILES string of the molecule is O=C(CN1CCCCC1)N1CCN(S(=O)(=O)c2ccc(F)cc2)CC1. The van der Waals surface area contributed by atoms with E-state index < -0.39 is 15.8 Å². The molecule has 0 radical (unpaired) electrons. The maximum absolute atomic E-state index is 13.0. The summed E-state index contributed by atoms with van der Waals surface area (Å²) in [4.78, 5) is 16.4. The molecule has 1 aromatic carbocycles. The van der Waals surface area contributed by atoms with Gasteiger partial charge in [-0.15, -0.1) is 0 Å². The minimum atomic E-state index is -3.64. The van der Waals surface area contributed by atoms with Crippen molar-refractivity contribution in [2.45, 2.75) is 24.2 Å². The third-order valence-corrected chi connectivity index (χ3v) is 6.76. The second-order valence-electron chi connectivity index (χ2n) is 6.58. The van der Waals surface area contributed by atoms with E-state index in [2.05, 4.69) is 4.90 Å². The summed E-state index contributed by atoms with van der Waals surface area (Å²) in [5, 5.41) is 0. The Labute approximate surface area is 148 Å². The number of sulfonamides is 1. The molecule has 2 fully saturated rings. The fourth-order valence-electron chi connectivity index (χ4n) is 3.34. The molecule has 0 aliphatic carbocycles. The highest BCUT2D eigenvalue weighted by molar-refractivity contribution is 7.89. The fraction of sp³-hybridized carbons (Fsp3) is 0.588. The molecule has 0 atom stereocenters. The van der Waals surface area contributed by atoms with Crippen molar-refractivity contribution in [2.75, 3.05) is 45.8 Å². The first-order chi connectivity index (χ1) is 12.0. The van der Waals surface area contributed by atoms with E-state index in [0.29, 0.717) is 19.6 Å². The summed E-state index contributed by atoms with van der Waals surface area (Å²) in [6.45, 7) is 3.68. The van der Waals surface area contributed by atoms with E-state index in [1.807, 2.05) is 0 Å². The number of halogens is 1. The molecule has 0 aromatic heterocycles. The topological polar surface area (TPSA) is 60.9 Å².